The second-order valence-corrected chi connectivity index (χ2v) is 5.71. The van der Waals surface area contributed by atoms with Crippen molar-refractivity contribution in [1.29, 1.82) is 0 Å². The first-order valence-electron chi connectivity index (χ1n) is 6.78. The van der Waals surface area contributed by atoms with Crippen molar-refractivity contribution < 1.29 is 4.79 Å². The Morgan fingerprint density at radius 1 is 1.35 bits per heavy atom. The summed E-state index contributed by atoms with van der Waals surface area (Å²) in [6, 6.07) is 9.88. The van der Waals surface area contributed by atoms with Crippen molar-refractivity contribution in [3.63, 3.8) is 0 Å². The Balaban J connectivity index is 2.13. The number of carbonyl (C=O) groups is 1. The summed E-state index contributed by atoms with van der Waals surface area (Å²) >= 11 is 1.68. The summed E-state index contributed by atoms with van der Waals surface area (Å²) < 4.78 is 0. The van der Waals surface area contributed by atoms with Gasteiger partial charge in [-0.3, -0.25) is 4.79 Å². The van der Waals surface area contributed by atoms with Gasteiger partial charge in [0.15, 0.2) is 0 Å². The normalized spacial score (nSPS) is 11.9. The predicted octanol–water partition coefficient (Wildman–Crippen LogP) is 3.98. The summed E-state index contributed by atoms with van der Waals surface area (Å²) in [6.07, 6.45) is 0.889. The van der Waals surface area contributed by atoms with Gasteiger partial charge in [0.1, 0.15) is 0 Å². The van der Waals surface area contributed by atoms with Crippen LogP contribution < -0.4 is 10.6 Å². The van der Waals surface area contributed by atoms with E-state index >= 15 is 0 Å². The molecule has 0 aliphatic carbocycles. The summed E-state index contributed by atoms with van der Waals surface area (Å²) in [5.74, 6) is -0.0176. The van der Waals surface area contributed by atoms with E-state index in [0.29, 0.717) is 5.56 Å². The minimum absolute atomic E-state index is 0.0176. The average molecular weight is 288 g/mol. The first-order valence-corrected chi connectivity index (χ1v) is 7.66. The Kier molecular flexibility index (Phi) is 4.79. The third-order valence-corrected chi connectivity index (χ3v) is 4.34. The lowest BCUT2D eigenvalue weighted by Gasteiger charge is -2.16. The van der Waals surface area contributed by atoms with Crippen LogP contribution in [0.4, 0.5) is 5.69 Å². The van der Waals surface area contributed by atoms with E-state index < -0.39 is 0 Å². The molecule has 0 spiro atoms. The third kappa shape index (κ3) is 3.20. The fourth-order valence-corrected chi connectivity index (χ4v) is 3.05. The van der Waals surface area contributed by atoms with Gasteiger partial charge in [0.2, 0.25) is 0 Å². The molecule has 1 amide bonds. The number of carbonyl (C=O) groups excluding carboxylic acids is 1. The van der Waals surface area contributed by atoms with Gasteiger partial charge in [-0.25, -0.2) is 0 Å². The summed E-state index contributed by atoms with van der Waals surface area (Å²) in [7, 11) is 1.88. The van der Waals surface area contributed by atoms with E-state index in [1.54, 1.807) is 11.3 Å². The molecular formula is C16H20N2OS. The molecule has 1 unspecified atom stereocenters. The molecule has 0 fully saturated rings. The Labute approximate surface area is 124 Å². The van der Waals surface area contributed by atoms with Crippen LogP contribution >= 0.6 is 11.3 Å². The second kappa shape index (κ2) is 6.57. The van der Waals surface area contributed by atoms with Crippen LogP contribution in [0.5, 0.6) is 0 Å². The summed E-state index contributed by atoms with van der Waals surface area (Å²) in [5, 5.41) is 8.24. The minimum atomic E-state index is -0.0176. The van der Waals surface area contributed by atoms with Gasteiger partial charge < -0.3 is 10.6 Å². The lowest BCUT2D eigenvalue weighted by Crippen LogP contribution is -2.27. The van der Waals surface area contributed by atoms with Crippen molar-refractivity contribution in [2.75, 3.05) is 12.4 Å². The van der Waals surface area contributed by atoms with Crippen molar-refractivity contribution in [1.82, 2.24) is 5.32 Å². The van der Waals surface area contributed by atoms with E-state index in [9.17, 15) is 4.79 Å². The van der Waals surface area contributed by atoms with Crippen LogP contribution in [0, 0.1) is 6.92 Å². The molecule has 0 radical (unpaired) electrons. The van der Waals surface area contributed by atoms with Crippen LogP contribution in [-0.2, 0) is 0 Å². The number of hydrogen-bond donors (Lipinski definition) is 2. The van der Waals surface area contributed by atoms with Gasteiger partial charge in [0.25, 0.3) is 5.91 Å². The number of aryl methyl sites for hydroxylation is 1. The van der Waals surface area contributed by atoms with Gasteiger partial charge in [-0.15, -0.1) is 11.3 Å². The van der Waals surface area contributed by atoms with E-state index in [1.165, 1.54) is 4.88 Å². The van der Waals surface area contributed by atoms with Crippen LogP contribution in [0.25, 0.3) is 0 Å². The third-order valence-electron chi connectivity index (χ3n) is 3.36. The molecule has 1 heterocycles. The van der Waals surface area contributed by atoms with Gasteiger partial charge in [-0.1, -0.05) is 13.0 Å². The smallest absolute Gasteiger partial charge is 0.251 e. The summed E-state index contributed by atoms with van der Waals surface area (Å²) in [4.78, 5) is 13.5. The van der Waals surface area contributed by atoms with E-state index in [1.807, 2.05) is 43.6 Å². The highest BCUT2D eigenvalue weighted by atomic mass is 32.1. The maximum atomic E-state index is 12.3. The molecule has 0 saturated carbocycles. The van der Waals surface area contributed by atoms with Gasteiger partial charge in [-0.05, 0) is 48.6 Å². The zero-order valence-electron chi connectivity index (χ0n) is 12.1. The maximum Gasteiger partial charge on any atom is 0.251 e. The van der Waals surface area contributed by atoms with E-state index in [0.717, 1.165) is 17.7 Å². The number of nitrogens with one attached hydrogen (secondary N) is 2. The summed E-state index contributed by atoms with van der Waals surface area (Å²) in [6.45, 7) is 4.08. The molecular weight excluding hydrogens is 268 g/mol. The number of anilines is 1. The van der Waals surface area contributed by atoms with Crippen LogP contribution in [-0.4, -0.2) is 13.0 Å². The fraction of sp³-hybridized carbons (Fsp3) is 0.312. The number of rotatable bonds is 5. The number of hydrogen-bond acceptors (Lipinski definition) is 3. The van der Waals surface area contributed by atoms with Crippen LogP contribution in [0.15, 0.2) is 35.7 Å². The molecule has 0 saturated heterocycles. The van der Waals surface area contributed by atoms with Crippen LogP contribution in [0.2, 0.25) is 0 Å². The van der Waals surface area contributed by atoms with Crippen molar-refractivity contribution in [2.45, 2.75) is 26.3 Å². The van der Waals surface area contributed by atoms with Gasteiger partial charge in [0, 0.05) is 23.2 Å². The van der Waals surface area contributed by atoms with Crippen molar-refractivity contribution in [3.8, 4) is 0 Å². The first-order chi connectivity index (χ1) is 9.65. The quantitative estimate of drug-likeness (QED) is 0.873. The van der Waals surface area contributed by atoms with Gasteiger partial charge in [-0.2, -0.15) is 0 Å². The lowest BCUT2D eigenvalue weighted by atomic mass is 10.1. The van der Waals surface area contributed by atoms with Crippen LogP contribution in [0.1, 0.15) is 40.2 Å². The average Bonchev–Trinajstić information content (AvgIpc) is 2.98. The Morgan fingerprint density at radius 3 is 2.70 bits per heavy atom. The molecule has 106 valence electrons. The molecule has 0 bridgehead atoms. The van der Waals surface area contributed by atoms with Gasteiger partial charge in [0.05, 0.1) is 6.04 Å². The molecule has 2 aromatic rings. The SMILES string of the molecule is CCC(NC(=O)c1ccc(NC)c(C)c1)c1cccs1. The van der Waals surface area contributed by atoms with Crippen molar-refractivity contribution >= 4 is 22.9 Å². The zero-order chi connectivity index (χ0) is 14.5. The molecule has 1 aromatic carbocycles. The molecule has 2 rings (SSSR count). The molecule has 1 aromatic heterocycles. The topological polar surface area (TPSA) is 41.1 Å². The number of benzene rings is 1. The maximum absolute atomic E-state index is 12.3. The highest BCUT2D eigenvalue weighted by molar-refractivity contribution is 7.10. The molecule has 0 aliphatic rings. The molecule has 2 N–H and O–H groups in total. The highest BCUT2D eigenvalue weighted by Gasteiger charge is 2.15. The van der Waals surface area contributed by atoms with E-state index in [4.69, 9.17) is 0 Å². The monoisotopic (exact) mass is 288 g/mol. The van der Waals surface area contributed by atoms with Crippen molar-refractivity contribution in [2.24, 2.45) is 0 Å². The molecule has 3 nitrogen and oxygen atoms in total. The second-order valence-electron chi connectivity index (χ2n) is 4.73. The Morgan fingerprint density at radius 2 is 2.15 bits per heavy atom. The standard InChI is InChI=1S/C16H20N2OS/c1-4-13(15-6-5-9-20-15)18-16(19)12-7-8-14(17-3)11(2)10-12/h5-10,13,17H,4H2,1-3H3,(H,18,19). The largest absolute Gasteiger partial charge is 0.388 e. The van der Waals surface area contributed by atoms with Crippen LogP contribution in [0.3, 0.4) is 0 Å². The molecule has 1 atom stereocenters. The fourth-order valence-electron chi connectivity index (χ4n) is 2.19. The van der Waals surface area contributed by atoms with E-state index in [-0.39, 0.29) is 11.9 Å². The number of thiophene rings is 1. The summed E-state index contributed by atoms with van der Waals surface area (Å²) in [5.41, 5.74) is 2.83. The molecule has 0 aliphatic heterocycles. The Bertz CT molecular complexity index is 578. The lowest BCUT2D eigenvalue weighted by molar-refractivity contribution is 0.0936. The number of amides is 1. The van der Waals surface area contributed by atoms with Gasteiger partial charge >= 0.3 is 0 Å². The van der Waals surface area contributed by atoms with Crippen molar-refractivity contribution in [3.05, 3.63) is 51.7 Å². The highest BCUT2D eigenvalue weighted by Crippen LogP contribution is 2.22. The minimum Gasteiger partial charge on any atom is -0.388 e. The Hall–Kier alpha value is -1.81. The zero-order valence-corrected chi connectivity index (χ0v) is 12.9. The molecule has 20 heavy (non-hydrogen) atoms. The molecule has 4 heteroatoms. The first kappa shape index (κ1) is 14.6. The predicted molar refractivity (Wildman–Crippen MR) is 85.5 cm³/mol. The van der Waals surface area contributed by atoms with E-state index in [2.05, 4.69) is 23.6 Å².